The van der Waals surface area contributed by atoms with Crippen LogP contribution in [-0.4, -0.2) is 39.8 Å². The number of nitrogens with zero attached hydrogens (tertiary/aromatic N) is 1. The number of carboxylic acid groups (broad SMARTS) is 2. The number of alkyl halides is 3. The van der Waals surface area contributed by atoms with Gasteiger partial charge in [-0.1, -0.05) is 73.5 Å². The van der Waals surface area contributed by atoms with E-state index < -0.39 is 18.1 Å². The zero-order valence-electron chi connectivity index (χ0n) is 19.6. The van der Waals surface area contributed by atoms with Crippen LogP contribution in [0.25, 0.3) is 11.1 Å². The molecule has 2 N–H and O–H groups in total. The van der Waals surface area contributed by atoms with Crippen molar-refractivity contribution in [2.24, 2.45) is 0 Å². The summed E-state index contributed by atoms with van der Waals surface area (Å²) in [7, 11) is 0. The molecular formula is C27H27ClF3NO4. The average molecular weight is 522 g/mol. The van der Waals surface area contributed by atoms with Crippen LogP contribution in [-0.2, 0) is 17.9 Å². The zero-order valence-corrected chi connectivity index (χ0v) is 20.4. The monoisotopic (exact) mass is 521 g/mol. The van der Waals surface area contributed by atoms with Crippen LogP contribution in [0.2, 0.25) is 5.02 Å². The van der Waals surface area contributed by atoms with Crippen molar-refractivity contribution >= 4 is 23.5 Å². The molecule has 0 fully saturated rings. The molecular weight excluding hydrogens is 495 g/mol. The van der Waals surface area contributed by atoms with Gasteiger partial charge in [-0.05, 0) is 59.5 Å². The molecule has 3 aromatic rings. The van der Waals surface area contributed by atoms with Gasteiger partial charge < -0.3 is 10.2 Å². The van der Waals surface area contributed by atoms with Gasteiger partial charge in [0, 0.05) is 18.1 Å². The molecule has 0 aliphatic carbocycles. The van der Waals surface area contributed by atoms with E-state index in [1.807, 2.05) is 30.3 Å². The number of unbranched alkanes of at least 4 members (excludes halogenated alkanes) is 1. The molecule has 3 rings (SSSR count). The van der Waals surface area contributed by atoms with Crippen molar-refractivity contribution in [3.05, 3.63) is 94.5 Å². The Bertz CT molecular complexity index is 1130. The predicted molar refractivity (Wildman–Crippen MR) is 133 cm³/mol. The van der Waals surface area contributed by atoms with Crippen LogP contribution in [0.1, 0.15) is 41.3 Å². The molecule has 9 heteroatoms. The standard InChI is InChI=1S/C25H26ClNO2.C2HF3O2/c1-2-3-16-27(17-19-8-14-23(26)15-9-19)18-22-6-4-5-7-24(22)20-10-12-21(13-11-20)25(28)29;3-2(4,5)1(6)7/h4-15H,2-3,16-18H2,1H3,(H,28,29);(H,6,7). The fraction of sp³-hybridized carbons (Fsp3) is 0.259. The quantitative estimate of drug-likeness (QED) is 0.313. The Balaban J connectivity index is 0.000000572. The van der Waals surface area contributed by atoms with E-state index in [2.05, 4.69) is 42.2 Å². The first kappa shape index (κ1) is 28.9. The predicted octanol–water partition coefficient (Wildman–Crippen LogP) is 7.14. The lowest BCUT2D eigenvalue weighted by atomic mass is 9.98. The van der Waals surface area contributed by atoms with Crippen LogP contribution in [0.5, 0.6) is 0 Å². The van der Waals surface area contributed by atoms with Crippen molar-refractivity contribution in [1.29, 1.82) is 0 Å². The molecule has 192 valence electrons. The van der Waals surface area contributed by atoms with E-state index >= 15 is 0 Å². The van der Waals surface area contributed by atoms with Gasteiger partial charge in [-0.25, -0.2) is 9.59 Å². The lowest BCUT2D eigenvalue weighted by molar-refractivity contribution is -0.192. The number of benzene rings is 3. The minimum Gasteiger partial charge on any atom is -0.478 e. The van der Waals surface area contributed by atoms with Gasteiger partial charge in [0.05, 0.1) is 5.56 Å². The highest BCUT2D eigenvalue weighted by Gasteiger charge is 2.38. The van der Waals surface area contributed by atoms with Crippen molar-refractivity contribution in [1.82, 2.24) is 4.90 Å². The molecule has 0 bridgehead atoms. The van der Waals surface area contributed by atoms with Gasteiger partial charge in [0.2, 0.25) is 0 Å². The molecule has 3 aromatic carbocycles. The van der Waals surface area contributed by atoms with Crippen LogP contribution in [0, 0.1) is 0 Å². The van der Waals surface area contributed by atoms with Crippen LogP contribution in [0.15, 0.2) is 72.8 Å². The summed E-state index contributed by atoms with van der Waals surface area (Å²) in [6, 6.07) is 23.5. The van der Waals surface area contributed by atoms with Gasteiger partial charge in [-0.2, -0.15) is 13.2 Å². The van der Waals surface area contributed by atoms with E-state index in [1.54, 1.807) is 12.1 Å². The number of halogens is 4. The van der Waals surface area contributed by atoms with Crippen molar-refractivity contribution < 1.29 is 33.0 Å². The maximum atomic E-state index is 11.1. The molecule has 0 amide bonds. The third-order valence-electron chi connectivity index (χ3n) is 5.24. The SMILES string of the molecule is CCCCN(Cc1ccc(Cl)cc1)Cc1ccccc1-c1ccc(C(=O)O)cc1.O=C(O)C(F)(F)F. The Hall–Kier alpha value is -3.36. The number of hydrogen-bond acceptors (Lipinski definition) is 3. The smallest absolute Gasteiger partial charge is 0.478 e. The highest BCUT2D eigenvalue weighted by Crippen LogP contribution is 2.26. The molecule has 0 saturated carbocycles. The summed E-state index contributed by atoms with van der Waals surface area (Å²) in [5.41, 5.74) is 4.96. The highest BCUT2D eigenvalue weighted by atomic mass is 35.5. The third-order valence-corrected chi connectivity index (χ3v) is 5.50. The van der Waals surface area contributed by atoms with E-state index in [0.29, 0.717) is 5.56 Å². The average Bonchev–Trinajstić information content (AvgIpc) is 2.84. The Morgan fingerprint density at radius 2 is 1.47 bits per heavy atom. The van der Waals surface area contributed by atoms with Gasteiger partial charge in [0.1, 0.15) is 0 Å². The highest BCUT2D eigenvalue weighted by molar-refractivity contribution is 6.30. The van der Waals surface area contributed by atoms with Crippen molar-refractivity contribution in [2.45, 2.75) is 39.0 Å². The van der Waals surface area contributed by atoms with Gasteiger partial charge >= 0.3 is 18.1 Å². The van der Waals surface area contributed by atoms with Gasteiger partial charge in [0.25, 0.3) is 0 Å². The number of carboxylic acids is 2. The first-order valence-electron chi connectivity index (χ1n) is 11.2. The first-order chi connectivity index (χ1) is 17.0. The second kappa shape index (κ2) is 13.7. The molecule has 5 nitrogen and oxygen atoms in total. The second-order valence-corrected chi connectivity index (χ2v) is 8.47. The molecule has 0 radical (unpaired) electrons. The third kappa shape index (κ3) is 9.36. The Morgan fingerprint density at radius 3 is 2.00 bits per heavy atom. The van der Waals surface area contributed by atoms with Crippen molar-refractivity contribution in [3.8, 4) is 11.1 Å². The summed E-state index contributed by atoms with van der Waals surface area (Å²) in [4.78, 5) is 22.5. The molecule has 0 unspecified atom stereocenters. The van der Waals surface area contributed by atoms with E-state index in [9.17, 15) is 18.0 Å². The van der Waals surface area contributed by atoms with Gasteiger partial charge in [-0.15, -0.1) is 0 Å². The molecule has 0 aromatic heterocycles. The summed E-state index contributed by atoms with van der Waals surface area (Å²) < 4.78 is 31.7. The van der Waals surface area contributed by atoms with Crippen LogP contribution in [0.3, 0.4) is 0 Å². The molecule has 0 atom stereocenters. The van der Waals surface area contributed by atoms with Gasteiger partial charge in [-0.3, -0.25) is 4.90 Å². The number of aliphatic carboxylic acids is 1. The van der Waals surface area contributed by atoms with Gasteiger partial charge in [0.15, 0.2) is 0 Å². The maximum absolute atomic E-state index is 11.1. The Labute approximate surface area is 212 Å². The van der Waals surface area contributed by atoms with Crippen molar-refractivity contribution in [3.63, 3.8) is 0 Å². The normalized spacial score (nSPS) is 11.1. The molecule has 0 aliphatic heterocycles. The van der Waals surface area contributed by atoms with E-state index in [0.717, 1.165) is 48.6 Å². The van der Waals surface area contributed by atoms with Crippen LogP contribution >= 0.6 is 11.6 Å². The van der Waals surface area contributed by atoms with E-state index in [4.69, 9.17) is 26.6 Å². The Morgan fingerprint density at radius 1 is 0.889 bits per heavy atom. The largest absolute Gasteiger partial charge is 0.490 e. The van der Waals surface area contributed by atoms with E-state index in [-0.39, 0.29) is 0 Å². The lowest BCUT2D eigenvalue weighted by Crippen LogP contribution is -2.24. The molecule has 0 aliphatic rings. The summed E-state index contributed by atoms with van der Waals surface area (Å²) in [6.45, 7) is 4.92. The maximum Gasteiger partial charge on any atom is 0.490 e. The van der Waals surface area contributed by atoms with Crippen LogP contribution < -0.4 is 0 Å². The summed E-state index contributed by atoms with van der Waals surface area (Å²) in [5, 5.41) is 17.0. The van der Waals surface area contributed by atoms with Crippen molar-refractivity contribution in [2.75, 3.05) is 6.54 Å². The molecule has 0 heterocycles. The Kier molecular flexibility index (Phi) is 11.0. The fourth-order valence-corrected chi connectivity index (χ4v) is 3.54. The fourth-order valence-electron chi connectivity index (χ4n) is 3.42. The minimum atomic E-state index is -5.08. The number of aromatic carboxylic acids is 1. The second-order valence-electron chi connectivity index (χ2n) is 8.03. The topological polar surface area (TPSA) is 77.8 Å². The molecule has 36 heavy (non-hydrogen) atoms. The van der Waals surface area contributed by atoms with Crippen LogP contribution in [0.4, 0.5) is 13.2 Å². The molecule has 0 saturated heterocycles. The number of hydrogen-bond donors (Lipinski definition) is 2. The first-order valence-corrected chi connectivity index (χ1v) is 11.6. The lowest BCUT2D eigenvalue weighted by Gasteiger charge is -2.24. The molecule has 0 spiro atoms. The summed E-state index contributed by atoms with van der Waals surface area (Å²) >= 11 is 6.03. The van der Waals surface area contributed by atoms with E-state index in [1.165, 1.54) is 11.1 Å². The summed E-state index contributed by atoms with van der Waals surface area (Å²) in [6.07, 6.45) is -2.79. The minimum absolute atomic E-state index is 0.304. The zero-order chi connectivity index (χ0) is 26.7. The number of carbonyl (C=O) groups is 2. The number of rotatable bonds is 9. The summed E-state index contributed by atoms with van der Waals surface area (Å²) in [5.74, 6) is -3.66.